The first-order chi connectivity index (χ1) is 47.0. The standard InChI is InChI=1S/C89H56N4O2/c1-3-83-91-75-30-16-17-31-77(75)93(83)60-42-34-55(35-43-60)85-64-22-8-12-26-68(64)86(69-27-13-9-23-65(69)85)57-39-46-79-74(48-57)89-63-21-7-6-20-62(63)73(51-82(89)94-79)56-37-45-78-76(49-56)90-52(2)92(78)59-40-32-54(33-41-59)84-66-24-10-14-28-70(66)87(71-29-15-11-25-67(71)84)58-36-44-72-81(50-58)95-80-47-38-53-18-4-5-19-61(53)88(72)80/h4-51H,3H2,1-2H3. The molecule has 6 heteroatoms. The molecule has 0 radical (unpaired) electrons. The van der Waals surface area contributed by atoms with Gasteiger partial charge in [0.05, 0.1) is 22.1 Å². The number of aryl methyl sites for hydroxylation is 2. The topological polar surface area (TPSA) is 61.9 Å². The number of fused-ring (bicyclic) bond motifs is 16. The van der Waals surface area contributed by atoms with Gasteiger partial charge in [-0.25, -0.2) is 9.97 Å². The highest BCUT2D eigenvalue weighted by molar-refractivity contribution is 6.27. The van der Waals surface area contributed by atoms with Crippen molar-refractivity contribution in [3.63, 3.8) is 0 Å². The first kappa shape index (κ1) is 53.3. The summed E-state index contributed by atoms with van der Waals surface area (Å²) in [6.07, 6.45) is 0.841. The van der Waals surface area contributed by atoms with Crippen LogP contribution in [0, 0.1) is 6.92 Å². The second-order valence-electron chi connectivity index (χ2n) is 25.3. The van der Waals surface area contributed by atoms with E-state index in [1.165, 1.54) is 81.7 Å². The van der Waals surface area contributed by atoms with Gasteiger partial charge in [-0.05, 0) is 212 Å². The fourth-order valence-electron chi connectivity index (χ4n) is 16.1. The Balaban J connectivity index is 0.653. The lowest BCUT2D eigenvalue weighted by Crippen LogP contribution is -2.00. The summed E-state index contributed by atoms with van der Waals surface area (Å²) in [4.78, 5) is 10.2. The van der Waals surface area contributed by atoms with Crippen LogP contribution in [-0.2, 0) is 6.42 Å². The van der Waals surface area contributed by atoms with E-state index in [1.54, 1.807) is 0 Å². The van der Waals surface area contributed by atoms with Crippen molar-refractivity contribution in [1.29, 1.82) is 0 Å². The molecule has 16 aromatic carbocycles. The number of rotatable bonds is 8. The van der Waals surface area contributed by atoms with Gasteiger partial charge in [0, 0.05) is 39.3 Å². The van der Waals surface area contributed by atoms with Gasteiger partial charge in [-0.2, -0.15) is 0 Å². The van der Waals surface area contributed by atoms with Crippen LogP contribution in [0.15, 0.2) is 300 Å². The van der Waals surface area contributed by atoms with Crippen LogP contribution in [0.5, 0.6) is 0 Å². The maximum Gasteiger partial charge on any atom is 0.136 e. The first-order valence-electron chi connectivity index (χ1n) is 32.7. The summed E-state index contributed by atoms with van der Waals surface area (Å²) < 4.78 is 18.1. The van der Waals surface area contributed by atoms with Gasteiger partial charge in [0.25, 0.3) is 0 Å². The molecule has 0 saturated carbocycles. The van der Waals surface area contributed by atoms with Crippen LogP contribution in [0.25, 0.3) is 198 Å². The Hall–Kier alpha value is -12.4. The summed E-state index contributed by atoms with van der Waals surface area (Å²) in [6, 6.07) is 106. The fourth-order valence-corrected chi connectivity index (χ4v) is 16.1. The fraction of sp³-hybridized carbons (Fsp3) is 0.0337. The van der Waals surface area contributed by atoms with E-state index in [9.17, 15) is 0 Å². The summed E-state index contributed by atoms with van der Waals surface area (Å²) in [5.41, 5.74) is 21.4. The van der Waals surface area contributed by atoms with Crippen molar-refractivity contribution in [2.75, 3.05) is 0 Å². The largest absolute Gasteiger partial charge is 0.456 e. The minimum absolute atomic E-state index is 0.841. The lowest BCUT2D eigenvalue weighted by Gasteiger charge is -2.18. The van der Waals surface area contributed by atoms with Crippen molar-refractivity contribution < 1.29 is 8.83 Å². The number of nitrogens with zero attached hydrogens (tertiary/aromatic N) is 4. The molecule has 0 atom stereocenters. The molecular weight excluding hydrogens is 1160 g/mol. The minimum Gasteiger partial charge on any atom is -0.456 e. The van der Waals surface area contributed by atoms with Crippen LogP contribution < -0.4 is 0 Å². The third-order valence-corrected chi connectivity index (χ3v) is 20.2. The van der Waals surface area contributed by atoms with Gasteiger partial charge < -0.3 is 8.83 Å². The molecule has 4 heterocycles. The second-order valence-corrected chi connectivity index (χ2v) is 25.3. The molecule has 0 aliphatic heterocycles. The number of aromatic nitrogens is 4. The number of hydrogen-bond donors (Lipinski definition) is 0. The van der Waals surface area contributed by atoms with E-state index in [-0.39, 0.29) is 0 Å². The smallest absolute Gasteiger partial charge is 0.136 e. The molecule has 444 valence electrons. The Morgan fingerprint density at radius 1 is 0.295 bits per heavy atom. The Bertz CT molecular complexity index is 6520. The van der Waals surface area contributed by atoms with Crippen molar-refractivity contribution in [1.82, 2.24) is 19.1 Å². The van der Waals surface area contributed by atoms with Gasteiger partial charge in [0.2, 0.25) is 0 Å². The number of benzene rings is 16. The van der Waals surface area contributed by atoms with Crippen LogP contribution in [0.2, 0.25) is 0 Å². The molecule has 0 aliphatic carbocycles. The molecule has 20 aromatic rings. The zero-order valence-electron chi connectivity index (χ0n) is 52.0. The predicted octanol–water partition coefficient (Wildman–Crippen LogP) is 24.3. The average molecular weight is 1210 g/mol. The maximum absolute atomic E-state index is 6.93. The average Bonchev–Trinajstić information content (AvgIpc) is 1.07. The van der Waals surface area contributed by atoms with E-state index in [1.807, 2.05) is 0 Å². The molecule has 0 aliphatic rings. The Morgan fingerprint density at radius 2 is 0.758 bits per heavy atom. The van der Waals surface area contributed by atoms with Gasteiger partial charge in [-0.15, -0.1) is 0 Å². The van der Waals surface area contributed by atoms with Crippen molar-refractivity contribution in [3.05, 3.63) is 303 Å². The second kappa shape index (κ2) is 20.6. The first-order valence-corrected chi connectivity index (χ1v) is 32.7. The van der Waals surface area contributed by atoms with Crippen LogP contribution in [0.4, 0.5) is 0 Å². The number of furan rings is 2. The zero-order valence-corrected chi connectivity index (χ0v) is 52.0. The Morgan fingerprint density at radius 3 is 1.38 bits per heavy atom. The molecule has 0 saturated heterocycles. The van der Waals surface area contributed by atoms with Crippen molar-refractivity contribution in [2.45, 2.75) is 20.3 Å². The molecule has 0 fully saturated rings. The van der Waals surface area contributed by atoms with E-state index in [0.29, 0.717) is 0 Å². The van der Waals surface area contributed by atoms with Gasteiger partial charge in [0.1, 0.15) is 34.0 Å². The van der Waals surface area contributed by atoms with Crippen molar-refractivity contribution in [2.24, 2.45) is 0 Å². The van der Waals surface area contributed by atoms with E-state index < -0.39 is 0 Å². The number of para-hydroxylation sites is 2. The van der Waals surface area contributed by atoms with Crippen LogP contribution in [0.3, 0.4) is 0 Å². The maximum atomic E-state index is 6.93. The number of hydrogen-bond acceptors (Lipinski definition) is 4. The van der Waals surface area contributed by atoms with Gasteiger partial charge in [-0.1, -0.05) is 213 Å². The third-order valence-electron chi connectivity index (χ3n) is 20.2. The lowest BCUT2D eigenvalue weighted by molar-refractivity contribution is 0.669. The summed E-state index contributed by atoms with van der Waals surface area (Å²) in [7, 11) is 0. The van der Waals surface area contributed by atoms with E-state index in [0.717, 1.165) is 134 Å². The zero-order chi connectivity index (χ0) is 62.6. The normalized spacial score (nSPS) is 12.1. The van der Waals surface area contributed by atoms with Gasteiger partial charge in [0.15, 0.2) is 0 Å². The predicted molar refractivity (Wildman–Crippen MR) is 397 cm³/mol. The molecule has 0 N–H and O–H groups in total. The van der Waals surface area contributed by atoms with E-state index in [4.69, 9.17) is 18.8 Å². The summed E-state index contributed by atoms with van der Waals surface area (Å²) in [6.45, 7) is 4.28. The molecule has 20 rings (SSSR count). The molecule has 4 aromatic heterocycles. The van der Waals surface area contributed by atoms with E-state index >= 15 is 0 Å². The Labute approximate surface area is 545 Å². The van der Waals surface area contributed by atoms with Crippen LogP contribution >= 0.6 is 0 Å². The third kappa shape index (κ3) is 7.98. The Kier molecular flexibility index (Phi) is 11.5. The highest BCUT2D eigenvalue weighted by Crippen LogP contribution is 2.49. The molecule has 0 unspecified atom stereocenters. The summed E-state index contributed by atoms with van der Waals surface area (Å²) in [5.74, 6) is 1.97. The molecule has 0 spiro atoms. The molecule has 6 nitrogen and oxygen atoms in total. The van der Waals surface area contributed by atoms with Gasteiger partial charge in [-0.3, -0.25) is 9.13 Å². The van der Waals surface area contributed by atoms with Crippen LogP contribution in [-0.4, -0.2) is 19.1 Å². The minimum atomic E-state index is 0.841. The quantitative estimate of drug-likeness (QED) is 0.142. The van der Waals surface area contributed by atoms with Crippen LogP contribution in [0.1, 0.15) is 18.6 Å². The molecule has 0 amide bonds. The monoisotopic (exact) mass is 1210 g/mol. The highest BCUT2D eigenvalue weighted by Gasteiger charge is 2.24. The van der Waals surface area contributed by atoms with E-state index in [2.05, 4.69) is 314 Å². The SMILES string of the molecule is CCc1nc2ccccc2n1-c1ccc(-c2c3ccccc3c(-c3ccc4oc5cc(-c6ccc7c(c6)nc(C)n7-c6ccc(-c7c8ccccc8c(-c8ccc9c(c8)oc8ccc%10ccccc%10c89)c8ccccc78)cc6)c6ccccc6c5c4c3)c3ccccc23)cc1. The van der Waals surface area contributed by atoms with Gasteiger partial charge >= 0.3 is 0 Å². The van der Waals surface area contributed by atoms with Crippen molar-refractivity contribution >= 4 is 131 Å². The highest BCUT2D eigenvalue weighted by atomic mass is 16.3. The lowest BCUT2D eigenvalue weighted by atomic mass is 9.85. The summed E-state index contributed by atoms with van der Waals surface area (Å²) in [5, 5.41) is 18.9. The molecular formula is C89H56N4O2. The molecule has 0 bridgehead atoms. The number of imidazole rings is 2. The van der Waals surface area contributed by atoms with Crippen molar-refractivity contribution in [3.8, 4) is 67.0 Å². The summed E-state index contributed by atoms with van der Waals surface area (Å²) >= 11 is 0. The molecule has 95 heavy (non-hydrogen) atoms.